The lowest BCUT2D eigenvalue weighted by molar-refractivity contribution is -0.136. The molecule has 1 fully saturated rings. The number of ether oxygens (including phenoxy) is 1. The normalized spacial score (nSPS) is 18.1. The van der Waals surface area contributed by atoms with Crippen LogP contribution in [0.15, 0.2) is 22.8 Å². The average Bonchev–Trinajstić information content (AvgIpc) is 2.90. The fourth-order valence-electron chi connectivity index (χ4n) is 2.30. The van der Waals surface area contributed by atoms with Crippen LogP contribution >= 0.6 is 0 Å². The summed E-state index contributed by atoms with van der Waals surface area (Å²) in [6, 6.07) is 3.83. The molecule has 1 aromatic heterocycles. The Hall–Kier alpha value is -1.29. The molecule has 1 unspecified atom stereocenters. The Balaban J connectivity index is 1.98. The number of furan rings is 1. The molecule has 0 saturated carbocycles. The Labute approximate surface area is 108 Å². The van der Waals surface area contributed by atoms with Gasteiger partial charge >= 0.3 is 0 Å². The first-order valence-corrected chi connectivity index (χ1v) is 6.57. The summed E-state index contributed by atoms with van der Waals surface area (Å²) in [5.41, 5.74) is 0. The summed E-state index contributed by atoms with van der Waals surface area (Å²) in [4.78, 5) is 14.1. The van der Waals surface area contributed by atoms with E-state index in [1.54, 1.807) is 6.26 Å². The minimum absolute atomic E-state index is 0.162. The lowest BCUT2D eigenvalue weighted by Crippen LogP contribution is -2.41. The van der Waals surface area contributed by atoms with Gasteiger partial charge in [-0.25, -0.2) is 0 Å². The van der Waals surface area contributed by atoms with Gasteiger partial charge in [-0.2, -0.15) is 0 Å². The van der Waals surface area contributed by atoms with E-state index >= 15 is 0 Å². The zero-order chi connectivity index (χ0) is 13.0. The topological polar surface area (TPSA) is 42.7 Å². The fourth-order valence-corrected chi connectivity index (χ4v) is 2.30. The van der Waals surface area contributed by atoms with Gasteiger partial charge in [-0.1, -0.05) is 13.8 Å². The number of rotatable bonds is 4. The highest BCUT2D eigenvalue weighted by Crippen LogP contribution is 2.29. The molecule has 0 aromatic carbocycles. The Morgan fingerprint density at radius 3 is 2.67 bits per heavy atom. The van der Waals surface area contributed by atoms with Crippen LogP contribution in [0.3, 0.4) is 0 Å². The summed E-state index contributed by atoms with van der Waals surface area (Å²) in [5, 5.41) is 0. The Kier molecular flexibility index (Phi) is 4.42. The molecule has 1 aliphatic heterocycles. The molecule has 4 heteroatoms. The summed E-state index contributed by atoms with van der Waals surface area (Å²) in [6.45, 7) is 6.97. The highest BCUT2D eigenvalue weighted by atomic mass is 16.5. The van der Waals surface area contributed by atoms with Crippen LogP contribution in [0.1, 0.15) is 31.9 Å². The fraction of sp³-hybridized carbons (Fsp3) is 0.643. The molecule has 2 rings (SSSR count). The van der Waals surface area contributed by atoms with Gasteiger partial charge in [-0.3, -0.25) is 4.79 Å². The maximum Gasteiger partial charge on any atom is 0.223 e. The van der Waals surface area contributed by atoms with Crippen LogP contribution in [0.25, 0.3) is 0 Å². The van der Waals surface area contributed by atoms with Gasteiger partial charge in [-0.05, 0) is 18.1 Å². The third kappa shape index (κ3) is 3.13. The minimum Gasteiger partial charge on any atom is -0.469 e. The van der Waals surface area contributed by atoms with Gasteiger partial charge < -0.3 is 14.1 Å². The first-order chi connectivity index (χ1) is 8.68. The molecule has 1 aliphatic rings. The van der Waals surface area contributed by atoms with Crippen LogP contribution in [-0.4, -0.2) is 37.1 Å². The van der Waals surface area contributed by atoms with E-state index in [0.29, 0.717) is 38.6 Å². The summed E-state index contributed by atoms with van der Waals surface area (Å²) < 4.78 is 10.7. The summed E-state index contributed by atoms with van der Waals surface area (Å²) in [5.74, 6) is 1.66. The zero-order valence-corrected chi connectivity index (χ0v) is 11.1. The lowest BCUT2D eigenvalue weighted by Gasteiger charge is -2.29. The number of nitrogens with zero attached hydrogens (tertiary/aromatic N) is 1. The molecule has 1 saturated heterocycles. The van der Waals surface area contributed by atoms with E-state index in [1.807, 2.05) is 17.0 Å². The van der Waals surface area contributed by atoms with Crippen molar-refractivity contribution in [1.82, 2.24) is 4.90 Å². The summed E-state index contributed by atoms with van der Waals surface area (Å²) >= 11 is 0. The molecular weight excluding hydrogens is 230 g/mol. The van der Waals surface area contributed by atoms with E-state index in [1.165, 1.54) is 0 Å². The van der Waals surface area contributed by atoms with Crippen molar-refractivity contribution >= 4 is 5.91 Å². The number of hydrogen-bond acceptors (Lipinski definition) is 3. The molecule has 1 atom stereocenters. The molecule has 1 amide bonds. The maximum absolute atomic E-state index is 12.2. The second-order valence-electron chi connectivity index (χ2n) is 5.06. The highest BCUT2D eigenvalue weighted by molar-refractivity contribution is 5.77. The predicted octanol–water partition coefficient (Wildman–Crippen LogP) is 2.27. The van der Waals surface area contributed by atoms with Crippen molar-refractivity contribution in [2.24, 2.45) is 5.92 Å². The average molecular weight is 251 g/mol. The molecule has 1 aromatic rings. The summed E-state index contributed by atoms with van der Waals surface area (Å²) in [6.07, 6.45) is 2.19. The van der Waals surface area contributed by atoms with Gasteiger partial charge in [0.15, 0.2) is 0 Å². The van der Waals surface area contributed by atoms with Crippen LogP contribution in [-0.2, 0) is 9.53 Å². The Morgan fingerprint density at radius 1 is 1.39 bits per heavy atom. The van der Waals surface area contributed by atoms with E-state index in [2.05, 4.69) is 13.8 Å². The Bertz CT molecular complexity index is 366. The Morgan fingerprint density at radius 2 is 2.11 bits per heavy atom. The van der Waals surface area contributed by atoms with Crippen molar-refractivity contribution in [2.45, 2.75) is 26.2 Å². The van der Waals surface area contributed by atoms with Crippen LogP contribution in [0.4, 0.5) is 0 Å². The molecule has 4 nitrogen and oxygen atoms in total. The second kappa shape index (κ2) is 6.05. The molecule has 2 heterocycles. The van der Waals surface area contributed by atoms with Gasteiger partial charge in [0.05, 0.1) is 19.5 Å². The maximum atomic E-state index is 12.2. The van der Waals surface area contributed by atoms with E-state index in [4.69, 9.17) is 9.15 Å². The van der Waals surface area contributed by atoms with Crippen molar-refractivity contribution in [2.75, 3.05) is 26.3 Å². The van der Waals surface area contributed by atoms with E-state index < -0.39 is 0 Å². The molecule has 0 spiro atoms. The van der Waals surface area contributed by atoms with Crippen molar-refractivity contribution in [3.05, 3.63) is 24.2 Å². The molecule has 18 heavy (non-hydrogen) atoms. The second-order valence-corrected chi connectivity index (χ2v) is 5.06. The number of carbonyl (C=O) groups is 1. The number of morpholine rings is 1. The predicted molar refractivity (Wildman–Crippen MR) is 68.3 cm³/mol. The SMILES string of the molecule is CC(C)C(CC(=O)N1CCOCC1)c1ccco1. The van der Waals surface area contributed by atoms with Crippen LogP contribution in [0.2, 0.25) is 0 Å². The lowest BCUT2D eigenvalue weighted by atomic mass is 9.89. The van der Waals surface area contributed by atoms with Crippen molar-refractivity contribution in [3.8, 4) is 0 Å². The summed E-state index contributed by atoms with van der Waals surface area (Å²) in [7, 11) is 0. The van der Waals surface area contributed by atoms with E-state index in [0.717, 1.165) is 5.76 Å². The van der Waals surface area contributed by atoms with Gasteiger partial charge in [-0.15, -0.1) is 0 Å². The standard InChI is InChI=1S/C14H21NO3/c1-11(2)12(13-4-3-7-18-13)10-14(16)15-5-8-17-9-6-15/h3-4,7,11-12H,5-6,8-10H2,1-2H3. The van der Waals surface area contributed by atoms with Crippen LogP contribution in [0.5, 0.6) is 0 Å². The number of carbonyl (C=O) groups excluding carboxylic acids is 1. The monoisotopic (exact) mass is 251 g/mol. The third-order valence-electron chi connectivity index (χ3n) is 3.47. The number of amides is 1. The van der Waals surface area contributed by atoms with Crippen molar-refractivity contribution in [3.63, 3.8) is 0 Å². The molecule has 0 N–H and O–H groups in total. The molecular formula is C14H21NO3. The third-order valence-corrected chi connectivity index (χ3v) is 3.47. The molecule has 0 aliphatic carbocycles. The van der Waals surface area contributed by atoms with Gasteiger partial charge in [0.1, 0.15) is 5.76 Å². The smallest absolute Gasteiger partial charge is 0.223 e. The highest BCUT2D eigenvalue weighted by Gasteiger charge is 2.25. The first-order valence-electron chi connectivity index (χ1n) is 6.57. The quantitative estimate of drug-likeness (QED) is 0.824. The van der Waals surface area contributed by atoms with Crippen LogP contribution in [0, 0.1) is 5.92 Å². The molecule has 100 valence electrons. The van der Waals surface area contributed by atoms with Gasteiger partial charge in [0.25, 0.3) is 0 Å². The molecule has 0 radical (unpaired) electrons. The van der Waals surface area contributed by atoms with Crippen molar-refractivity contribution < 1.29 is 13.9 Å². The zero-order valence-electron chi connectivity index (χ0n) is 11.1. The van der Waals surface area contributed by atoms with Gasteiger partial charge in [0.2, 0.25) is 5.91 Å². The largest absolute Gasteiger partial charge is 0.469 e. The number of hydrogen-bond donors (Lipinski definition) is 0. The van der Waals surface area contributed by atoms with Crippen LogP contribution < -0.4 is 0 Å². The first kappa shape index (κ1) is 13.1. The van der Waals surface area contributed by atoms with E-state index in [9.17, 15) is 4.79 Å². The molecule has 0 bridgehead atoms. The van der Waals surface area contributed by atoms with E-state index in [-0.39, 0.29) is 11.8 Å². The van der Waals surface area contributed by atoms with Gasteiger partial charge in [0, 0.05) is 25.4 Å². The minimum atomic E-state index is 0.162. The van der Waals surface area contributed by atoms with Crippen molar-refractivity contribution in [1.29, 1.82) is 0 Å².